The fraction of sp³-hybridized carbons (Fsp3) is 0.800. The Kier molecular flexibility index (Phi) is 3.13. The molecule has 0 amide bonds. The summed E-state index contributed by atoms with van der Waals surface area (Å²) in [5, 5.41) is 9.09. The fourth-order valence-corrected chi connectivity index (χ4v) is 2.14. The van der Waals surface area contributed by atoms with Crippen molar-refractivity contribution in [1.82, 2.24) is 0 Å². The largest absolute Gasteiger partial charge is 0.480 e. The van der Waals surface area contributed by atoms with Gasteiger partial charge in [-0.15, -0.1) is 0 Å². The predicted octanol–water partition coefficient (Wildman–Crippen LogP) is 1.44. The Bertz CT molecular complexity index is 243. The first kappa shape index (κ1) is 11.0. The van der Waals surface area contributed by atoms with Crippen LogP contribution in [0.5, 0.6) is 0 Å². The fourth-order valence-electron chi connectivity index (χ4n) is 2.14. The minimum atomic E-state index is -1.36. The maximum absolute atomic E-state index is 11.5. The van der Waals surface area contributed by atoms with Gasteiger partial charge in [-0.3, -0.25) is 9.59 Å². The molecule has 1 aliphatic rings. The van der Waals surface area contributed by atoms with Crippen LogP contribution in [0.15, 0.2) is 0 Å². The molecule has 14 heavy (non-hydrogen) atoms. The lowest BCUT2D eigenvalue weighted by Crippen LogP contribution is -2.43. The summed E-state index contributed by atoms with van der Waals surface area (Å²) >= 11 is 0. The molecule has 0 saturated heterocycles. The van der Waals surface area contributed by atoms with Gasteiger partial charge in [0.05, 0.1) is 7.11 Å². The van der Waals surface area contributed by atoms with Gasteiger partial charge < -0.3 is 9.84 Å². The van der Waals surface area contributed by atoms with Gasteiger partial charge in [0.1, 0.15) is 0 Å². The number of carbonyl (C=O) groups excluding carboxylic acids is 1. The second-order valence-electron chi connectivity index (χ2n) is 3.98. The van der Waals surface area contributed by atoms with Gasteiger partial charge in [0.2, 0.25) is 0 Å². The molecular weight excluding hydrogens is 184 g/mol. The Hall–Kier alpha value is -1.06. The zero-order valence-corrected chi connectivity index (χ0v) is 8.58. The van der Waals surface area contributed by atoms with Crippen LogP contribution in [0.3, 0.4) is 0 Å². The van der Waals surface area contributed by atoms with Crippen LogP contribution in [0.1, 0.15) is 32.6 Å². The number of rotatable bonds is 3. The molecule has 1 saturated carbocycles. The van der Waals surface area contributed by atoms with E-state index >= 15 is 0 Å². The van der Waals surface area contributed by atoms with Crippen molar-refractivity contribution in [2.45, 2.75) is 32.6 Å². The van der Waals surface area contributed by atoms with Crippen LogP contribution in [0.4, 0.5) is 0 Å². The van der Waals surface area contributed by atoms with Gasteiger partial charge in [-0.25, -0.2) is 0 Å². The molecule has 1 unspecified atom stereocenters. The van der Waals surface area contributed by atoms with Crippen molar-refractivity contribution in [3.63, 3.8) is 0 Å². The van der Waals surface area contributed by atoms with Gasteiger partial charge in [-0.2, -0.15) is 0 Å². The topological polar surface area (TPSA) is 63.6 Å². The summed E-state index contributed by atoms with van der Waals surface area (Å²) in [6.45, 7) is 1.47. The number of esters is 1. The van der Waals surface area contributed by atoms with E-state index in [1.807, 2.05) is 0 Å². The summed E-state index contributed by atoms with van der Waals surface area (Å²) in [5.74, 6) is -1.78. The number of carboxylic acid groups (broad SMARTS) is 1. The summed E-state index contributed by atoms with van der Waals surface area (Å²) in [4.78, 5) is 22.6. The van der Waals surface area contributed by atoms with E-state index in [4.69, 9.17) is 5.11 Å². The summed E-state index contributed by atoms with van der Waals surface area (Å²) in [6.07, 6.45) is 3.62. The number of ether oxygens (including phenoxy) is 1. The summed E-state index contributed by atoms with van der Waals surface area (Å²) in [7, 11) is 1.23. The number of hydrogen-bond donors (Lipinski definition) is 1. The highest BCUT2D eigenvalue weighted by molar-refractivity contribution is 5.99. The van der Waals surface area contributed by atoms with Crippen LogP contribution < -0.4 is 0 Å². The molecule has 1 rings (SSSR count). The Morgan fingerprint density at radius 2 is 1.86 bits per heavy atom. The average molecular weight is 200 g/mol. The van der Waals surface area contributed by atoms with Crippen molar-refractivity contribution in [3.8, 4) is 0 Å². The van der Waals surface area contributed by atoms with E-state index in [0.717, 1.165) is 25.7 Å². The Labute approximate surface area is 83.2 Å². The molecule has 0 heterocycles. The van der Waals surface area contributed by atoms with Crippen molar-refractivity contribution in [2.75, 3.05) is 7.11 Å². The van der Waals surface area contributed by atoms with Gasteiger partial charge in [-0.05, 0) is 25.7 Å². The molecule has 1 fully saturated rings. The quantitative estimate of drug-likeness (QED) is 0.553. The highest BCUT2D eigenvalue weighted by Crippen LogP contribution is 2.40. The summed E-state index contributed by atoms with van der Waals surface area (Å²) < 4.78 is 4.57. The summed E-state index contributed by atoms with van der Waals surface area (Å²) in [6, 6.07) is 0. The number of methoxy groups -OCH3 is 1. The molecule has 4 heteroatoms. The molecule has 0 aromatic rings. The monoisotopic (exact) mass is 200 g/mol. The minimum Gasteiger partial charge on any atom is -0.480 e. The Morgan fingerprint density at radius 1 is 1.36 bits per heavy atom. The Morgan fingerprint density at radius 3 is 2.21 bits per heavy atom. The molecule has 4 nitrogen and oxygen atoms in total. The molecule has 0 aromatic carbocycles. The third kappa shape index (κ3) is 1.61. The van der Waals surface area contributed by atoms with Crippen LogP contribution in [0, 0.1) is 11.3 Å². The number of carboxylic acids is 1. The van der Waals surface area contributed by atoms with Crippen molar-refractivity contribution in [1.29, 1.82) is 0 Å². The number of carbonyl (C=O) groups is 2. The zero-order chi connectivity index (χ0) is 10.8. The van der Waals surface area contributed by atoms with E-state index in [9.17, 15) is 9.59 Å². The highest BCUT2D eigenvalue weighted by atomic mass is 16.5. The first-order valence-corrected chi connectivity index (χ1v) is 4.85. The average Bonchev–Trinajstić information content (AvgIpc) is 2.68. The second kappa shape index (κ2) is 3.98. The van der Waals surface area contributed by atoms with Crippen LogP contribution in [0.25, 0.3) is 0 Å². The van der Waals surface area contributed by atoms with E-state index in [1.165, 1.54) is 14.0 Å². The SMILES string of the molecule is COC(=O)C(C)(C(=O)O)C1CCCC1. The van der Waals surface area contributed by atoms with Gasteiger partial charge in [0.15, 0.2) is 5.41 Å². The van der Waals surface area contributed by atoms with E-state index in [2.05, 4.69) is 4.74 Å². The molecule has 80 valence electrons. The smallest absolute Gasteiger partial charge is 0.323 e. The molecule has 0 bridgehead atoms. The van der Waals surface area contributed by atoms with E-state index in [-0.39, 0.29) is 5.92 Å². The van der Waals surface area contributed by atoms with Gasteiger partial charge >= 0.3 is 11.9 Å². The molecule has 0 aliphatic heterocycles. The van der Waals surface area contributed by atoms with Crippen LogP contribution in [0.2, 0.25) is 0 Å². The van der Waals surface area contributed by atoms with E-state index < -0.39 is 17.4 Å². The van der Waals surface area contributed by atoms with Crippen molar-refractivity contribution >= 4 is 11.9 Å². The lowest BCUT2D eigenvalue weighted by Gasteiger charge is -2.27. The highest BCUT2D eigenvalue weighted by Gasteiger charge is 2.49. The third-order valence-corrected chi connectivity index (χ3v) is 3.23. The van der Waals surface area contributed by atoms with Crippen LogP contribution in [-0.2, 0) is 14.3 Å². The zero-order valence-electron chi connectivity index (χ0n) is 8.58. The second-order valence-corrected chi connectivity index (χ2v) is 3.98. The molecule has 1 N–H and O–H groups in total. The first-order chi connectivity index (χ1) is 6.53. The lowest BCUT2D eigenvalue weighted by atomic mass is 9.76. The normalized spacial score (nSPS) is 21.6. The number of hydrogen-bond acceptors (Lipinski definition) is 3. The number of aliphatic carboxylic acids is 1. The predicted molar refractivity (Wildman–Crippen MR) is 49.7 cm³/mol. The summed E-state index contributed by atoms with van der Waals surface area (Å²) in [5.41, 5.74) is -1.36. The first-order valence-electron chi connectivity index (χ1n) is 4.85. The van der Waals surface area contributed by atoms with Gasteiger partial charge in [-0.1, -0.05) is 12.8 Å². The van der Waals surface area contributed by atoms with Gasteiger partial charge in [0, 0.05) is 0 Å². The molecule has 0 aromatic heterocycles. The third-order valence-electron chi connectivity index (χ3n) is 3.23. The lowest BCUT2D eigenvalue weighted by molar-refractivity contribution is -0.169. The molecular formula is C10H16O4. The van der Waals surface area contributed by atoms with E-state index in [0.29, 0.717) is 0 Å². The van der Waals surface area contributed by atoms with Gasteiger partial charge in [0.25, 0.3) is 0 Å². The maximum atomic E-state index is 11.5. The van der Waals surface area contributed by atoms with Crippen LogP contribution in [-0.4, -0.2) is 24.2 Å². The molecule has 0 spiro atoms. The van der Waals surface area contributed by atoms with E-state index in [1.54, 1.807) is 0 Å². The maximum Gasteiger partial charge on any atom is 0.323 e. The minimum absolute atomic E-state index is 0.0764. The standard InChI is InChI=1S/C10H16O4/c1-10(8(11)12,9(13)14-2)7-5-3-4-6-7/h7H,3-6H2,1-2H3,(H,11,12). The molecule has 1 aliphatic carbocycles. The van der Waals surface area contributed by atoms with Crippen molar-refractivity contribution in [2.24, 2.45) is 11.3 Å². The van der Waals surface area contributed by atoms with Crippen molar-refractivity contribution in [3.05, 3.63) is 0 Å². The van der Waals surface area contributed by atoms with Crippen LogP contribution >= 0.6 is 0 Å². The molecule has 1 atom stereocenters. The molecule has 0 radical (unpaired) electrons. The van der Waals surface area contributed by atoms with Crippen molar-refractivity contribution < 1.29 is 19.4 Å². The Balaban J connectivity index is 2.90.